The Hall–Kier alpha value is -2.14. The summed E-state index contributed by atoms with van der Waals surface area (Å²) in [5.41, 5.74) is 1.87. The van der Waals surface area contributed by atoms with Gasteiger partial charge in [-0.25, -0.2) is 0 Å². The van der Waals surface area contributed by atoms with Crippen molar-refractivity contribution in [2.75, 3.05) is 13.2 Å². The van der Waals surface area contributed by atoms with Gasteiger partial charge in [0.15, 0.2) is 12.4 Å². The van der Waals surface area contributed by atoms with Gasteiger partial charge < -0.3 is 9.64 Å². The first-order valence-electron chi connectivity index (χ1n) is 8.19. The molecule has 0 aliphatic carbocycles. The fourth-order valence-corrected chi connectivity index (χ4v) is 4.10. The average molecular weight is 343 g/mol. The van der Waals surface area contributed by atoms with Crippen molar-refractivity contribution in [2.24, 2.45) is 0 Å². The van der Waals surface area contributed by atoms with Gasteiger partial charge in [-0.05, 0) is 48.9 Å². The van der Waals surface area contributed by atoms with E-state index in [1.54, 1.807) is 35.6 Å². The van der Waals surface area contributed by atoms with E-state index in [2.05, 4.69) is 18.4 Å². The third-order valence-corrected chi connectivity index (χ3v) is 5.40. The third kappa shape index (κ3) is 3.36. The van der Waals surface area contributed by atoms with E-state index in [0.717, 1.165) is 19.4 Å². The molecular formula is C19H21NO3S. The number of fused-ring (bicyclic) bond motifs is 1. The molecule has 5 heteroatoms. The number of Topliss-reactive ketones (excluding diaryl/α,β-unsaturated/α-hetero) is 1. The van der Waals surface area contributed by atoms with Crippen LogP contribution in [0.5, 0.6) is 5.75 Å². The topological polar surface area (TPSA) is 46.6 Å². The molecule has 4 nitrogen and oxygen atoms in total. The van der Waals surface area contributed by atoms with Crippen molar-refractivity contribution in [1.82, 2.24) is 4.90 Å². The highest BCUT2D eigenvalue weighted by molar-refractivity contribution is 7.10. The summed E-state index contributed by atoms with van der Waals surface area (Å²) in [5, 5.41) is 2.10. The highest BCUT2D eigenvalue weighted by atomic mass is 32.1. The van der Waals surface area contributed by atoms with Crippen molar-refractivity contribution in [3.05, 3.63) is 51.7 Å². The second kappa shape index (κ2) is 7.18. The fraction of sp³-hybridized carbons (Fsp3) is 0.368. The minimum atomic E-state index is -0.0150. The molecule has 1 aromatic heterocycles. The van der Waals surface area contributed by atoms with Gasteiger partial charge in [0.25, 0.3) is 5.91 Å². The normalized spacial score (nSPS) is 16.6. The monoisotopic (exact) mass is 343 g/mol. The molecule has 0 saturated heterocycles. The van der Waals surface area contributed by atoms with Gasteiger partial charge >= 0.3 is 0 Å². The smallest absolute Gasteiger partial charge is 0.261 e. The number of hydrogen-bond donors (Lipinski definition) is 0. The summed E-state index contributed by atoms with van der Waals surface area (Å²) in [7, 11) is 0. The molecule has 2 aromatic rings. The Kier molecular flexibility index (Phi) is 5.00. The molecule has 0 radical (unpaired) electrons. The highest BCUT2D eigenvalue weighted by Gasteiger charge is 2.30. The number of carbonyl (C=O) groups excluding carboxylic acids is 2. The maximum absolute atomic E-state index is 12.6. The third-order valence-electron chi connectivity index (χ3n) is 4.40. The van der Waals surface area contributed by atoms with Gasteiger partial charge in [-0.1, -0.05) is 19.1 Å². The fourth-order valence-electron chi connectivity index (χ4n) is 3.17. The second-order valence-corrected chi connectivity index (χ2v) is 6.93. The highest BCUT2D eigenvalue weighted by Crippen LogP contribution is 2.35. The maximum atomic E-state index is 12.6. The summed E-state index contributed by atoms with van der Waals surface area (Å²) in [6.07, 6.45) is 1.81. The number of thiophene rings is 1. The van der Waals surface area contributed by atoms with Crippen LogP contribution < -0.4 is 4.74 Å². The van der Waals surface area contributed by atoms with Crippen LogP contribution in [0, 0.1) is 0 Å². The number of ether oxygens (including phenoxy) is 1. The van der Waals surface area contributed by atoms with E-state index in [1.165, 1.54) is 17.4 Å². The van der Waals surface area contributed by atoms with E-state index in [-0.39, 0.29) is 24.3 Å². The molecule has 0 fully saturated rings. The maximum Gasteiger partial charge on any atom is 0.261 e. The minimum Gasteiger partial charge on any atom is -0.484 e. The lowest BCUT2D eigenvalue weighted by Gasteiger charge is -2.35. The number of benzene rings is 1. The van der Waals surface area contributed by atoms with Crippen molar-refractivity contribution in [3.63, 3.8) is 0 Å². The van der Waals surface area contributed by atoms with Crippen LogP contribution in [0.1, 0.15) is 47.1 Å². The van der Waals surface area contributed by atoms with E-state index >= 15 is 0 Å². The average Bonchev–Trinajstić information content (AvgIpc) is 3.07. The first kappa shape index (κ1) is 16.7. The standard InChI is InChI=1S/C19H21NO3S/c1-3-17-16-8-10-24-18(16)7-9-20(17)19(22)12-23-15-6-4-5-14(11-15)13(2)21/h4-6,8,10-11,17H,3,7,9,12H2,1-2H3. The van der Waals surface area contributed by atoms with E-state index < -0.39 is 0 Å². The molecule has 1 aliphatic rings. The van der Waals surface area contributed by atoms with Gasteiger partial charge in [-0.3, -0.25) is 9.59 Å². The summed E-state index contributed by atoms with van der Waals surface area (Å²) in [6.45, 7) is 4.36. The van der Waals surface area contributed by atoms with Crippen LogP contribution in [0.15, 0.2) is 35.7 Å². The molecule has 1 atom stereocenters. The molecule has 3 rings (SSSR count). The summed E-state index contributed by atoms with van der Waals surface area (Å²) in [4.78, 5) is 27.4. The summed E-state index contributed by atoms with van der Waals surface area (Å²) < 4.78 is 5.63. The number of hydrogen-bond acceptors (Lipinski definition) is 4. The lowest BCUT2D eigenvalue weighted by Crippen LogP contribution is -2.41. The van der Waals surface area contributed by atoms with Crippen molar-refractivity contribution >= 4 is 23.0 Å². The van der Waals surface area contributed by atoms with Crippen LogP contribution in [0.3, 0.4) is 0 Å². The molecule has 2 heterocycles. The Morgan fingerprint density at radius 3 is 2.92 bits per heavy atom. The second-order valence-electron chi connectivity index (χ2n) is 5.93. The molecular weight excluding hydrogens is 322 g/mol. The van der Waals surface area contributed by atoms with Crippen LogP contribution >= 0.6 is 11.3 Å². The van der Waals surface area contributed by atoms with Crippen molar-refractivity contribution in [1.29, 1.82) is 0 Å². The minimum absolute atomic E-state index is 0.00265. The Labute approximate surface area is 146 Å². The van der Waals surface area contributed by atoms with Gasteiger partial charge in [-0.15, -0.1) is 11.3 Å². The SMILES string of the molecule is CCC1c2ccsc2CCN1C(=O)COc1cccc(C(C)=O)c1. The predicted molar refractivity (Wildman–Crippen MR) is 94.7 cm³/mol. The number of rotatable bonds is 5. The van der Waals surface area contributed by atoms with Crippen molar-refractivity contribution < 1.29 is 14.3 Å². The number of ketones is 1. The molecule has 24 heavy (non-hydrogen) atoms. The molecule has 1 amide bonds. The number of nitrogens with zero attached hydrogens (tertiary/aromatic N) is 1. The zero-order chi connectivity index (χ0) is 17.1. The van der Waals surface area contributed by atoms with Crippen molar-refractivity contribution in [2.45, 2.75) is 32.7 Å². The summed E-state index contributed by atoms with van der Waals surface area (Å²) >= 11 is 1.77. The quantitative estimate of drug-likeness (QED) is 0.774. The molecule has 0 saturated carbocycles. The molecule has 0 spiro atoms. The van der Waals surface area contributed by atoms with E-state index in [1.807, 2.05) is 4.90 Å². The van der Waals surface area contributed by atoms with Crippen LogP contribution in [0.25, 0.3) is 0 Å². The Morgan fingerprint density at radius 1 is 1.33 bits per heavy atom. The van der Waals surface area contributed by atoms with Crippen LogP contribution in [-0.4, -0.2) is 29.7 Å². The molecule has 126 valence electrons. The lowest BCUT2D eigenvalue weighted by atomic mass is 9.98. The molecule has 1 aromatic carbocycles. The molecule has 0 bridgehead atoms. The molecule has 1 unspecified atom stereocenters. The van der Waals surface area contributed by atoms with E-state index in [0.29, 0.717) is 11.3 Å². The lowest BCUT2D eigenvalue weighted by molar-refractivity contribution is -0.136. The number of carbonyl (C=O) groups is 2. The Bertz CT molecular complexity index is 753. The van der Waals surface area contributed by atoms with Gasteiger partial charge in [-0.2, -0.15) is 0 Å². The summed E-state index contributed by atoms with van der Waals surface area (Å²) in [5.74, 6) is 0.531. The largest absolute Gasteiger partial charge is 0.484 e. The zero-order valence-electron chi connectivity index (χ0n) is 14.0. The number of amides is 1. The summed E-state index contributed by atoms with van der Waals surface area (Å²) in [6, 6.07) is 9.23. The van der Waals surface area contributed by atoms with E-state index in [4.69, 9.17) is 4.74 Å². The first-order chi connectivity index (χ1) is 11.6. The Balaban J connectivity index is 1.67. The van der Waals surface area contributed by atoms with E-state index in [9.17, 15) is 9.59 Å². The first-order valence-corrected chi connectivity index (χ1v) is 9.07. The van der Waals surface area contributed by atoms with Gasteiger partial charge in [0.05, 0.1) is 6.04 Å². The zero-order valence-corrected chi connectivity index (χ0v) is 14.8. The van der Waals surface area contributed by atoms with Gasteiger partial charge in [0, 0.05) is 17.0 Å². The molecule has 1 aliphatic heterocycles. The molecule has 0 N–H and O–H groups in total. The van der Waals surface area contributed by atoms with Crippen LogP contribution in [-0.2, 0) is 11.2 Å². The van der Waals surface area contributed by atoms with Crippen molar-refractivity contribution in [3.8, 4) is 5.75 Å². The van der Waals surface area contributed by atoms with Crippen LogP contribution in [0.2, 0.25) is 0 Å². The van der Waals surface area contributed by atoms with Gasteiger partial charge in [0.2, 0.25) is 0 Å². The Morgan fingerprint density at radius 2 is 2.17 bits per heavy atom. The van der Waals surface area contributed by atoms with Crippen LogP contribution in [0.4, 0.5) is 0 Å². The predicted octanol–water partition coefficient (Wildman–Crippen LogP) is 3.87. The van der Waals surface area contributed by atoms with Gasteiger partial charge in [0.1, 0.15) is 5.75 Å².